The Balaban J connectivity index is 0. The van der Waals surface area contributed by atoms with Crippen molar-refractivity contribution in [2.45, 2.75) is 142 Å². The first-order chi connectivity index (χ1) is 15.0. The quantitative estimate of drug-likeness (QED) is 0.0600. The van der Waals surface area contributed by atoms with E-state index in [1.807, 2.05) is 0 Å². The molecular weight excluding hydrogens is 431 g/mol. The van der Waals surface area contributed by atoms with Crippen molar-refractivity contribution in [1.82, 2.24) is 0 Å². The maximum Gasteiger partial charge on any atom is 1.00 e. The van der Waals surface area contributed by atoms with Gasteiger partial charge >= 0.3 is 29.6 Å². The number of hydrogen-bond acceptors (Lipinski definition) is 4. The molecule has 32 heavy (non-hydrogen) atoms. The zero-order chi connectivity index (χ0) is 23.0. The van der Waals surface area contributed by atoms with Crippen LogP contribution >= 0.6 is 0 Å². The predicted molar refractivity (Wildman–Crippen MR) is 132 cm³/mol. The van der Waals surface area contributed by atoms with Crippen molar-refractivity contribution in [2.24, 2.45) is 5.92 Å². The van der Waals surface area contributed by atoms with E-state index in [0.29, 0.717) is 0 Å². The third kappa shape index (κ3) is 28.6. The molecule has 0 aliphatic carbocycles. The minimum absolute atomic E-state index is 0. The largest absolute Gasteiger partial charge is 1.00 e. The summed E-state index contributed by atoms with van der Waals surface area (Å²) in [6, 6.07) is 0. The number of rotatable bonds is 24. The Morgan fingerprint density at radius 1 is 0.688 bits per heavy atom. The standard InChI is InChI=1S/C26H52O4S.Na/c1-3-5-7-9-11-12-13-14-15-16-18-20-22-24-26(25-30-31(27,28)29)23-21-19-17-10-8-6-4-2;/h21,23,26H,3-20,22,24-25H2,1-2H3,(H,27,28,29);/q;+1/p-1/b23-21+;. The van der Waals surface area contributed by atoms with Crippen LogP contribution in [0.5, 0.6) is 0 Å². The van der Waals surface area contributed by atoms with E-state index in [-0.39, 0.29) is 42.1 Å². The van der Waals surface area contributed by atoms with Gasteiger partial charge in [-0.1, -0.05) is 135 Å². The molecule has 0 amide bonds. The van der Waals surface area contributed by atoms with Crippen molar-refractivity contribution >= 4 is 10.4 Å². The van der Waals surface area contributed by atoms with Gasteiger partial charge in [0.25, 0.3) is 0 Å². The van der Waals surface area contributed by atoms with Gasteiger partial charge in [-0.2, -0.15) is 0 Å². The van der Waals surface area contributed by atoms with Gasteiger partial charge in [0.1, 0.15) is 0 Å². The Labute approximate surface area is 223 Å². The Hall–Kier alpha value is 0.610. The van der Waals surface area contributed by atoms with Gasteiger partial charge in [0.05, 0.1) is 6.61 Å². The average Bonchev–Trinajstić information content (AvgIpc) is 2.73. The molecule has 0 bridgehead atoms. The van der Waals surface area contributed by atoms with Crippen LogP contribution in [-0.2, 0) is 14.6 Å². The molecule has 0 heterocycles. The van der Waals surface area contributed by atoms with E-state index in [4.69, 9.17) is 0 Å². The van der Waals surface area contributed by atoms with Gasteiger partial charge in [-0.15, -0.1) is 0 Å². The Morgan fingerprint density at radius 2 is 1.09 bits per heavy atom. The van der Waals surface area contributed by atoms with Gasteiger partial charge in [0.2, 0.25) is 10.4 Å². The van der Waals surface area contributed by atoms with Crippen molar-refractivity contribution in [1.29, 1.82) is 0 Å². The summed E-state index contributed by atoms with van der Waals surface area (Å²) in [4.78, 5) is 0. The van der Waals surface area contributed by atoms with E-state index in [1.165, 1.54) is 109 Å². The minimum Gasteiger partial charge on any atom is -0.726 e. The molecule has 1 atom stereocenters. The fourth-order valence-electron chi connectivity index (χ4n) is 3.98. The molecule has 0 fully saturated rings. The summed E-state index contributed by atoms with van der Waals surface area (Å²) in [6.07, 6.45) is 29.4. The van der Waals surface area contributed by atoms with Gasteiger partial charge in [-0.05, 0) is 19.3 Å². The third-order valence-electron chi connectivity index (χ3n) is 5.99. The molecule has 0 spiro atoms. The molecule has 0 aromatic rings. The average molecular weight is 483 g/mol. The smallest absolute Gasteiger partial charge is 0.726 e. The van der Waals surface area contributed by atoms with Crippen molar-refractivity contribution in [3.8, 4) is 0 Å². The fraction of sp³-hybridized carbons (Fsp3) is 0.923. The molecule has 0 saturated heterocycles. The Bertz CT molecular complexity index is 494. The van der Waals surface area contributed by atoms with Gasteiger partial charge in [0.15, 0.2) is 0 Å². The van der Waals surface area contributed by atoms with Crippen molar-refractivity contribution < 1.29 is 46.7 Å². The number of unbranched alkanes of at least 4 members (excludes halogenated alkanes) is 17. The van der Waals surface area contributed by atoms with E-state index in [9.17, 15) is 13.0 Å². The maximum absolute atomic E-state index is 10.8. The summed E-state index contributed by atoms with van der Waals surface area (Å²) in [5.74, 6) is 0.0204. The maximum atomic E-state index is 10.8. The zero-order valence-corrected chi connectivity index (χ0v) is 24.4. The third-order valence-corrected chi connectivity index (χ3v) is 6.41. The van der Waals surface area contributed by atoms with Crippen LogP contribution in [0.3, 0.4) is 0 Å². The summed E-state index contributed by atoms with van der Waals surface area (Å²) in [5, 5.41) is 0. The van der Waals surface area contributed by atoms with Crippen LogP contribution in [0.2, 0.25) is 0 Å². The van der Waals surface area contributed by atoms with Gasteiger partial charge < -0.3 is 4.55 Å². The summed E-state index contributed by atoms with van der Waals surface area (Å²) >= 11 is 0. The zero-order valence-electron chi connectivity index (χ0n) is 21.6. The SMILES string of the molecule is CCCCCCC/C=C/C(CCCCCCCCCCCCCCC)COS(=O)(=O)[O-].[Na+]. The Morgan fingerprint density at radius 3 is 1.53 bits per heavy atom. The molecule has 0 aliphatic heterocycles. The second-order valence-corrected chi connectivity index (χ2v) is 10.2. The van der Waals surface area contributed by atoms with Crippen LogP contribution in [0.15, 0.2) is 12.2 Å². The molecule has 1 unspecified atom stereocenters. The molecule has 6 heteroatoms. The number of hydrogen-bond donors (Lipinski definition) is 0. The number of allylic oxidation sites excluding steroid dienone is 1. The Kier molecular flexibility index (Phi) is 28.5. The van der Waals surface area contributed by atoms with Crippen molar-refractivity contribution in [3.05, 3.63) is 12.2 Å². The van der Waals surface area contributed by atoms with Crippen LogP contribution in [-0.4, -0.2) is 19.6 Å². The molecule has 0 saturated carbocycles. The molecule has 4 nitrogen and oxygen atoms in total. The summed E-state index contributed by atoms with van der Waals surface area (Å²) < 4.78 is 36.9. The van der Waals surface area contributed by atoms with E-state index in [1.54, 1.807) is 0 Å². The van der Waals surface area contributed by atoms with E-state index < -0.39 is 10.4 Å². The van der Waals surface area contributed by atoms with Crippen molar-refractivity contribution in [2.75, 3.05) is 6.61 Å². The van der Waals surface area contributed by atoms with Crippen LogP contribution in [0.1, 0.15) is 142 Å². The summed E-state index contributed by atoms with van der Waals surface area (Å²) in [6.45, 7) is 4.46. The van der Waals surface area contributed by atoms with Crippen LogP contribution in [0.25, 0.3) is 0 Å². The van der Waals surface area contributed by atoms with Gasteiger partial charge in [0, 0.05) is 5.92 Å². The molecule has 0 aromatic carbocycles. The molecule has 0 aliphatic rings. The van der Waals surface area contributed by atoms with Crippen LogP contribution in [0.4, 0.5) is 0 Å². The molecule has 0 N–H and O–H groups in total. The van der Waals surface area contributed by atoms with E-state index >= 15 is 0 Å². The first-order valence-electron chi connectivity index (χ1n) is 13.3. The molecule has 0 aromatic heterocycles. The van der Waals surface area contributed by atoms with Crippen LogP contribution < -0.4 is 29.6 Å². The van der Waals surface area contributed by atoms with Gasteiger partial charge in [-0.3, -0.25) is 4.18 Å². The minimum atomic E-state index is -4.61. The van der Waals surface area contributed by atoms with E-state index in [0.717, 1.165) is 19.3 Å². The monoisotopic (exact) mass is 482 g/mol. The molecule has 0 rings (SSSR count). The second-order valence-electron chi connectivity index (χ2n) is 9.12. The summed E-state index contributed by atoms with van der Waals surface area (Å²) in [5.41, 5.74) is 0. The fourth-order valence-corrected chi connectivity index (χ4v) is 4.33. The molecular formula is C26H51NaO4S. The van der Waals surface area contributed by atoms with Crippen LogP contribution in [0, 0.1) is 5.92 Å². The normalized spacial score (nSPS) is 12.8. The summed E-state index contributed by atoms with van der Waals surface area (Å²) in [7, 11) is -4.61. The first-order valence-corrected chi connectivity index (χ1v) is 14.6. The topological polar surface area (TPSA) is 66.4 Å². The predicted octanol–water partition coefficient (Wildman–Crippen LogP) is 5.48. The second kappa shape index (κ2) is 26.2. The molecule has 186 valence electrons. The first kappa shape index (κ1) is 34.8. The van der Waals surface area contributed by atoms with E-state index in [2.05, 4.69) is 30.2 Å². The van der Waals surface area contributed by atoms with Crippen molar-refractivity contribution in [3.63, 3.8) is 0 Å². The van der Waals surface area contributed by atoms with Gasteiger partial charge in [-0.25, -0.2) is 8.42 Å². The molecule has 0 radical (unpaired) electrons.